The molecule has 4 aromatic carbocycles. The fourth-order valence-electron chi connectivity index (χ4n) is 4.34. The first-order chi connectivity index (χ1) is 23.2. The molecule has 0 spiro atoms. The zero-order valence-corrected chi connectivity index (χ0v) is 26.8. The summed E-state index contributed by atoms with van der Waals surface area (Å²) in [5.74, 6) is 0.0121. The van der Waals surface area contributed by atoms with Crippen LogP contribution in [0.1, 0.15) is 62.3 Å². The van der Waals surface area contributed by atoms with Crippen molar-refractivity contribution in [1.29, 1.82) is 0 Å². The van der Waals surface area contributed by atoms with Gasteiger partial charge in [0.25, 0.3) is 0 Å². The molecule has 0 N–H and O–H groups in total. The van der Waals surface area contributed by atoms with Gasteiger partial charge in [0, 0.05) is 6.08 Å². The molecule has 0 atom stereocenters. The minimum atomic E-state index is -0.611. The van der Waals surface area contributed by atoms with E-state index in [0.29, 0.717) is 47.2 Å². The van der Waals surface area contributed by atoms with Crippen molar-refractivity contribution in [2.45, 2.75) is 32.6 Å². The zero-order valence-electron chi connectivity index (χ0n) is 26.8. The van der Waals surface area contributed by atoms with E-state index in [4.69, 9.17) is 28.4 Å². The van der Waals surface area contributed by atoms with Crippen molar-refractivity contribution in [3.05, 3.63) is 126 Å². The van der Waals surface area contributed by atoms with Crippen LogP contribution in [-0.2, 0) is 9.53 Å². The van der Waals surface area contributed by atoms with Gasteiger partial charge >= 0.3 is 23.9 Å². The summed E-state index contributed by atoms with van der Waals surface area (Å²) < 4.78 is 32.2. The Morgan fingerprint density at radius 1 is 0.583 bits per heavy atom. The number of rotatable bonds is 16. The molecule has 0 radical (unpaired) electrons. The lowest BCUT2D eigenvalue weighted by Crippen LogP contribution is -2.11. The first-order valence-electron chi connectivity index (χ1n) is 15.3. The highest BCUT2D eigenvalue weighted by Gasteiger charge is 2.15. The summed E-state index contributed by atoms with van der Waals surface area (Å²) in [7, 11) is 1.54. The van der Waals surface area contributed by atoms with Crippen LogP contribution in [0.3, 0.4) is 0 Å². The second kappa shape index (κ2) is 17.7. The maximum absolute atomic E-state index is 12.7. The Bertz CT molecular complexity index is 1710. The van der Waals surface area contributed by atoms with E-state index in [0.717, 1.165) is 31.8 Å². The molecule has 0 fully saturated rings. The number of esters is 4. The Morgan fingerprint density at radius 3 is 1.60 bits per heavy atom. The highest BCUT2D eigenvalue weighted by Crippen LogP contribution is 2.26. The summed E-state index contributed by atoms with van der Waals surface area (Å²) in [4.78, 5) is 48.9. The lowest BCUT2D eigenvalue weighted by Gasteiger charge is -2.10. The lowest BCUT2D eigenvalue weighted by atomic mass is 10.2. The summed E-state index contributed by atoms with van der Waals surface area (Å²) in [6.07, 6.45) is 4.63. The highest BCUT2D eigenvalue weighted by molar-refractivity contribution is 5.93. The van der Waals surface area contributed by atoms with Gasteiger partial charge in [-0.3, -0.25) is 0 Å². The molecular formula is C38H36O10. The molecule has 48 heavy (non-hydrogen) atoms. The summed E-state index contributed by atoms with van der Waals surface area (Å²) in [6.45, 7) is 5.99. The van der Waals surface area contributed by atoms with Crippen LogP contribution in [0.15, 0.2) is 104 Å². The number of carbonyl (C=O) groups is 4. The van der Waals surface area contributed by atoms with Gasteiger partial charge in [0.05, 0.1) is 37.0 Å². The molecule has 0 saturated heterocycles. The molecule has 4 rings (SSSR count). The van der Waals surface area contributed by atoms with Crippen molar-refractivity contribution < 1.29 is 47.6 Å². The topological polar surface area (TPSA) is 124 Å². The molecule has 0 amide bonds. The molecule has 10 heteroatoms. The number of benzene rings is 4. The van der Waals surface area contributed by atoms with Crippen LogP contribution in [0.2, 0.25) is 0 Å². The molecule has 0 aromatic heterocycles. The van der Waals surface area contributed by atoms with Crippen molar-refractivity contribution in [2.75, 3.05) is 20.3 Å². The molecule has 0 unspecified atom stereocenters. The average Bonchev–Trinajstić information content (AvgIpc) is 3.10. The van der Waals surface area contributed by atoms with E-state index >= 15 is 0 Å². The summed E-state index contributed by atoms with van der Waals surface area (Å²) in [6, 6.07) is 23.8. The van der Waals surface area contributed by atoms with Gasteiger partial charge in [0.1, 0.15) is 28.7 Å². The minimum Gasteiger partial charge on any atom is -0.497 e. The Morgan fingerprint density at radius 2 is 1.06 bits per heavy atom. The average molecular weight is 653 g/mol. The third-order valence-corrected chi connectivity index (χ3v) is 6.99. The number of aryl methyl sites for hydroxylation is 1. The molecular weight excluding hydrogens is 616 g/mol. The molecule has 248 valence electrons. The third-order valence-electron chi connectivity index (χ3n) is 6.99. The monoisotopic (exact) mass is 652 g/mol. The van der Waals surface area contributed by atoms with Crippen molar-refractivity contribution in [1.82, 2.24) is 0 Å². The van der Waals surface area contributed by atoms with Crippen molar-refractivity contribution in [2.24, 2.45) is 0 Å². The predicted molar refractivity (Wildman–Crippen MR) is 177 cm³/mol. The van der Waals surface area contributed by atoms with Crippen LogP contribution in [0.5, 0.6) is 28.7 Å². The Kier molecular flexibility index (Phi) is 12.9. The van der Waals surface area contributed by atoms with Crippen molar-refractivity contribution in [3.8, 4) is 28.7 Å². The van der Waals surface area contributed by atoms with Gasteiger partial charge in [-0.15, -0.1) is 0 Å². The second-order valence-electron chi connectivity index (χ2n) is 10.5. The first-order valence-corrected chi connectivity index (χ1v) is 15.3. The Labute approximate surface area is 278 Å². The van der Waals surface area contributed by atoms with Gasteiger partial charge < -0.3 is 28.4 Å². The number of hydrogen-bond donors (Lipinski definition) is 0. The number of hydrogen-bond acceptors (Lipinski definition) is 10. The first kappa shape index (κ1) is 35.0. The van der Waals surface area contributed by atoms with Crippen LogP contribution in [0.25, 0.3) is 0 Å². The molecule has 4 aromatic rings. The van der Waals surface area contributed by atoms with Gasteiger partial charge in [-0.2, -0.15) is 0 Å². The van der Waals surface area contributed by atoms with Gasteiger partial charge in [-0.05, 0) is 129 Å². The summed E-state index contributed by atoms with van der Waals surface area (Å²) >= 11 is 0. The van der Waals surface area contributed by atoms with E-state index in [1.807, 2.05) is 0 Å². The maximum atomic E-state index is 12.7. The van der Waals surface area contributed by atoms with Gasteiger partial charge in [0.2, 0.25) is 0 Å². The number of unbranched alkanes of at least 4 members (excludes halogenated alkanes) is 3. The summed E-state index contributed by atoms with van der Waals surface area (Å²) in [5, 5.41) is 0. The Balaban J connectivity index is 1.20. The molecule has 0 aliphatic rings. The quantitative estimate of drug-likeness (QED) is 0.0526. The van der Waals surface area contributed by atoms with Crippen LogP contribution in [0, 0.1) is 6.92 Å². The van der Waals surface area contributed by atoms with Crippen molar-refractivity contribution in [3.63, 3.8) is 0 Å². The van der Waals surface area contributed by atoms with Crippen LogP contribution < -0.4 is 23.7 Å². The van der Waals surface area contributed by atoms with E-state index in [1.165, 1.54) is 30.3 Å². The van der Waals surface area contributed by atoms with E-state index in [9.17, 15) is 19.2 Å². The minimum absolute atomic E-state index is 0.250. The normalized spacial score (nSPS) is 10.4. The van der Waals surface area contributed by atoms with Crippen LogP contribution in [0.4, 0.5) is 0 Å². The van der Waals surface area contributed by atoms with Gasteiger partial charge in [-0.25, -0.2) is 19.2 Å². The molecule has 0 bridgehead atoms. The molecule has 0 aliphatic heterocycles. The van der Waals surface area contributed by atoms with E-state index in [1.54, 1.807) is 74.7 Å². The van der Waals surface area contributed by atoms with Gasteiger partial charge in [-0.1, -0.05) is 6.58 Å². The SMILES string of the molecule is C=CC(=O)OCCCCCCOc1ccc(C(=O)Oc2ccc(C(=O)Oc3ccc(OC(=O)c4ccc(OC)cc4)c(C)c3)cc2)cc1. The van der Waals surface area contributed by atoms with Crippen LogP contribution >= 0.6 is 0 Å². The number of methoxy groups -OCH3 is 1. The van der Waals surface area contributed by atoms with E-state index in [-0.39, 0.29) is 17.1 Å². The largest absolute Gasteiger partial charge is 0.497 e. The predicted octanol–water partition coefficient (Wildman–Crippen LogP) is 7.33. The molecule has 10 nitrogen and oxygen atoms in total. The molecule has 0 heterocycles. The standard InChI is InChI=1S/C38H36O10/c1-4-35(39)45-24-8-6-5-7-23-44-31-17-11-27(12-18-31)36(40)46-32-19-13-28(14-20-32)37(41)47-33-21-22-34(26(2)25-33)48-38(42)29-9-15-30(43-3)16-10-29/h4,9-22,25H,1,5-8,23-24H2,2-3H3. The molecule has 0 aliphatic carbocycles. The highest BCUT2D eigenvalue weighted by atomic mass is 16.5. The zero-order chi connectivity index (χ0) is 34.3. The molecule has 0 saturated carbocycles. The maximum Gasteiger partial charge on any atom is 0.343 e. The smallest absolute Gasteiger partial charge is 0.343 e. The number of carbonyl (C=O) groups excluding carboxylic acids is 4. The van der Waals surface area contributed by atoms with Gasteiger partial charge in [0.15, 0.2) is 0 Å². The number of ether oxygens (including phenoxy) is 6. The Hall–Kier alpha value is -5.90. The summed E-state index contributed by atoms with van der Waals surface area (Å²) in [5.41, 5.74) is 1.56. The third kappa shape index (κ3) is 10.6. The van der Waals surface area contributed by atoms with Crippen LogP contribution in [-0.4, -0.2) is 44.2 Å². The van der Waals surface area contributed by atoms with E-state index in [2.05, 4.69) is 6.58 Å². The fourth-order valence-corrected chi connectivity index (χ4v) is 4.34. The van der Waals surface area contributed by atoms with Crippen molar-refractivity contribution >= 4 is 23.9 Å². The fraction of sp³-hybridized carbons (Fsp3) is 0.211. The lowest BCUT2D eigenvalue weighted by molar-refractivity contribution is -0.137. The second-order valence-corrected chi connectivity index (χ2v) is 10.5. The van der Waals surface area contributed by atoms with E-state index < -0.39 is 23.9 Å².